The Kier molecular flexibility index (Phi) is 2.51. The molecule has 0 radical (unpaired) electrons. The number of fused-ring (bicyclic) bond motifs is 1. The number of pyridine rings is 1. The zero-order chi connectivity index (χ0) is 10.8. The van der Waals surface area contributed by atoms with Crippen LogP contribution in [0.2, 0.25) is 0 Å². The number of aromatic nitrogens is 2. The summed E-state index contributed by atoms with van der Waals surface area (Å²) >= 11 is 0. The second-order valence-corrected chi connectivity index (χ2v) is 3.60. The van der Waals surface area contributed by atoms with Crippen molar-refractivity contribution in [2.24, 2.45) is 5.73 Å². The molecule has 0 aliphatic carbocycles. The quantitative estimate of drug-likeness (QED) is 0.802. The summed E-state index contributed by atoms with van der Waals surface area (Å²) in [5.41, 5.74) is 7.55. The lowest BCUT2D eigenvalue weighted by molar-refractivity contribution is -0.118. The van der Waals surface area contributed by atoms with Gasteiger partial charge in [-0.05, 0) is 19.1 Å². The summed E-state index contributed by atoms with van der Waals surface area (Å²) in [6.07, 6.45) is 4.21. The third-order valence-electron chi connectivity index (χ3n) is 2.44. The lowest BCUT2D eigenvalue weighted by Gasteiger charge is -2.06. The number of hydrogen-bond donors (Lipinski definition) is 1. The van der Waals surface area contributed by atoms with Gasteiger partial charge < -0.3 is 10.1 Å². The number of nitrogens with two attached hydrogens (primary N) is 1. The number of nitrogens with zero attached hydrogens (tertiary/aromatic N) is 2. The normalized spacial score (nSPS) is 12.9. The lowest BCUT2D eigenvalue weighted by atomic mass is 10.1. The van der Waals surface area contributed by atoms with E-state index in [9.17, 15) is 4.79 Å². The average molecular weight is 203 g/mol. The molecule has 0 aliphatic rings. The first-order valence-electron chi connectivity index (χ1n) is 4.85. The van der Waals surface area contributed by atoms with Crippen LogP contribution in [0.3, 0.4) is 0 Å². The summed E-state index contributed by atoms with van der Waals surface area (Å²) in [5, 5.41) is 0. The van der Waals surface area contributed by atoms with E-state index in [1.54, 1.807) is 6.20 Å². The van der Waals surface area contributed by atoms with Crippen LogP contribution in [0.15, 0.2) is 30.6 Å². The Hall–Kier alpha value is -1.68. The molecule has 2 rings (SSSR count). The number of carbonyl (C=O) groups excluding carboxylic acids is 1. The monoisotopic (exact) mass is 203 g/mol. The maximum Gasteiger partial charge on any atom is 0.146 e. The van der Waals surface area contributed by atoms with Crippen molar-refractivity contribution in [3.63, 3.8) is 0 Å². The summed E-state index contributed by atoms with van der Waals surface area (Å²) in [5.74, 6) is 0.000816. The summed E-state index contributed by atoms with van der Waals surface area (Å²) in [6, 6.07) is 5.34. The van der Waals surface area contributed by atoms with E-state index in [0.29, 0.717) is 6.42 Å². The molecule has 2 aromatic heterocycles. The van der Waals surface area contributed by atoms with E-state index in [-0.39, 0.29) is 5.78 Å². The molecule has 0 fully saturated rings. The average Bonchev–Trinajstić information content (AvgIpc) is 2.62. The first-order valence-corrected chi connectivity index (χ1v) is 4.85. The largest absolute Gasteiger partial charge is 0.321 e. The van der Waals surface area contributed by atoms with Gasteiger partial charge in [-0.1, -0.05) is 6.07 Å². The van der Waals surface area contributed by atoms with Crippen LogP contribution in [-0.4, -0.2) is 21.2 Å². The van der Waals surface area contributed by atoms with Crippen molar-refractivity contribution in [2.75, 3.05) is 0 Å². The summed E-state index contributed by atoms with van der Waals surface area (Å²) < 4.78 is 1.95. The maximum absolute atomic E-state index is 11.1. The van der Waals surface area contributed by atoms with Crippen molar-refractivity contribution in [3.05, 3.63) is 36.3 Å². The van der Waals surface area contributed by atoms with Gasteiger partial charge in [-0.2, -0.15) is 0 Å². The van der Waals surface area contributed by atoms with Crippen molar-refractivity contribution >= 4 is 11.4 Å². The molecule has 1 unspecified atom stereocenters. The van der Waals surface area contributed by atoms with Crippen molar-refractivity contribution in [3.8, 4) is 0 Å². The highest BCUT2D eigenvalue weighted by atomic mass is 16.1. The highest BCUT2D eigenvalue weighted by molar-refractivity contribution is 5.81. The molecule has 0 aromatic carbocycles. The van der Waals surface area contributed by atoms with E-state index in [1.807, 2.05) is 28.8 Å². The zero-order valence-corrected chi connectivity index (χ0v) is 8.55. The van der Waals surface area contributed by atoms with Gasteiger partial charge in [-0.25, -0.2) is 4.98 Å². The fraction of sp³-hybridized carbons (Fsp3) is 0.273. The molecule has 0 saturated carbocycles. The van der Waals surface area contributed by atoms with Gasteiger partial charge in [0.15, 0.2) is 0 Å². The van der Waals surface area contributed by atoms with Crippen molar-refractivity contribution < 1.29 is 4.79 Å². The Bertz CT molecular complexity index is 489. The van der Waals surface area contributed by atoms with E-state index in [0.717, 1.165) is 11.3 Å². The lowest BCUT2D eigenvalue weighted by Crippen LogP contribution is -2.30. The Morgan fingerprint density at radius 3 is 3.13 bits per heavy atom. The van der Waals surface area contributed by atoms with Crippen LogP contribution in [-0.2, 0) is 11.2 Å². The van der Waals surface area contributed by atoms with E-state index in [2.05, 4.69) is 4.98 Å². The van der Waals surface area contributed by atoms with Gasteiger partial charge in [0.25, 0.3) is 0 Å². The Labute approximate surface area is 87.7 Å². The maximum atomic E-state index is 11.1. The molecular weight excluding hydrogens is 190 g/mol. The van der Waals surface area contributed by atoms with Gasteiger partial charge in [0.1, 0.15) is 11.4 Å². The minimum absolute atomic E-state index is 0.000816. The molecule has 4 heteroatoms. The van der Waals surface area contributed by atoms with Gasteiger partial charge in [0.2, 0.25) is 0 Å². The van der Waals surface area contributed by atoms with Crippen LogP contribution in [0, 0.1) is 0 Å². The number of carbonyl (C=O) groups is 1. The molecule has 0 aliphatic heterocycles. The van der Waals surface area contributed by atoms with Gasteiger partial charge in [-0.15, -0.1) is 0 Å². The predicted molar refractivity (Wildman–Crippen MR) is 57.6 cm³/mol. The fourth-order valence-electron chi connectivity index (χ4n) is 1.51. The SMILES string of the molecule is CC(=O)C(N)Cc1cnc2ccccn12. The molecule has 0 spiro atoms. The summed E-state index contributed by atoms with van der Waals surface area (Å²) in [4.78, 5) is 15.3. The van der Waals surface area contributed by atoms with Gasteiger partial charge in [0, 0.05) is 24.5 Å². The third kappa shape index (κ3) is 1.89. The number of hydrogen-bond acceptors (Lipinski definition) is 3. The molecule has 2 aromatic rings. The van der Waals surface area contributed by atoms with Gasteiger partial charge >= 0.3 is 0 Å². The molecule has 1 atom stereocenters. The predicted octanol–water partition coefficient (Wildman–Crippen LogP) is 0.793. The Morgan fingerprint density at radius 2 is 2.40 bits per heavy atom. The molecule has 15 heavy (non-hydrogen) atoms. The minimum Gasteiger partial charge on any atom is -0.321 e. The highest BCUT2D eigenvalue weighted by Gasteiger charge is 2.11. The van der Waals surface area contributed by atoms with Crippen molar-refractivity contribution in [1.29, 1.82) is 0 Å². The first-order chi connectivity index (χ1) is 7.18. The topological polar surface area (TPSA) is 60.4 Å². The molecule has 78 valence electrons. The van der Waals surface area contributed by atoms with Crippen molar-refractivity contribution in [1.82, 2.24) is 9.38 Å². The molecule has 4 nitrogen and oxygen atoms in total. The Balaban J connectivity index is 2.32. The smallest absolute Gasteiger partial charge is 0.146 e. The second-order valence-electron chi connectivity index (χ2n) is 3.60. The summed E-state index contributed by atoms with van der Waals surface area (Å²) in [7, 11) is 0. The fourth-order valence-corrected chi connectivity index (χ4v) is 1.51. The van der Waals surface area contributed by atoms with E-state index < -0.39 is 6.04 Å². The van der Waals surface area contributed by atoms with Gasteiger partial charge in [-0.3, -0.25) is 4.79 Å². The molecule has 0 amide bonds. The molecule has 0 saturated heterocycles. The van der Waals surface area contributed by atoms with Crippen LogP contribution >= 0.6 is 0 Å². The molecular formula is C11H13N3O. The van der Waals surface area contributed by atoms with E-state index in [1.165, 1.54) is 6.92 Å². The van der Waals surface area contributed by atoms with Gasteiger partial charge in [0.05, 0.1) is 6.04 Å². The third-order valence-corrected chi connectivity index (χ3v) is 2.44. The minimum atomic E-state index is -0.440. The standard InChI is InChI=1S/C11H13N3O/c1-8(15)10(12)6-9-7-13-11-4-2-3-5-14(9)11/h2-5,7,10H,6,12H2,1H3. The molecule has 2 heterocycles. The second kappa shape index (κ2) is 3.82. The zero-order valence-electron chi connectivity index (χ0n) is 8.55. The molecule has 2 N–H and O–H groups in total. The van der Waals surface area contributed by atoms with Crippen molar-refractivity contribution in [2.45, 2.75) is 19.4 Å². The van der Waals surface area contributed by atoms with Crippen LogP contribution in [0.4, 0.5) is 0 Å². The van der Waals surface area contributed by atoms with Crippen LogP contribution < -0.4 is 5.73 Å². The first kappa shape index (κ1) is 9.86. The van der Waals surface area contributed by atoms with Crippen LogP contribution in [0.5, 0.6) is 0 Å². The highest BCUT2D eigenvalue weighted by Crippen LogP contribution is 2.07. The van der Waals surface area contributed by atoms with E-state index >= 15 is 0 Å². The number of imidazole rings is 1. The summed E-state index contributed by atoms with van der Waals surface area (Å²) in [6.45, 7) is 1.51. The van der Waals surface area contributed by atoms with E-state index in [4.69, 9.17) is 5.73 Å². The van der Waals surface area contributed by atoms with Crippen LogP contribution in [0.25, 0.3) is 5.65 Å². The molecule has 0 bridgehead atoms. The number of Topliss-reactive ketones (excluding diaryl/α,β-unsaturated/α-hetero) is 1. The van der Waals surface area contributed by atoms with Crippen LogP contribution in [0.1, 0.15) is 12.6 Å². The Morgan fingerprint density at radius 1 is 1.60 bits per heavy atom. The number of ketones is 1. The number of rotatable bonds is 3.